The van der Waals surface area contributed by atoms with Gasteiger partial charge in [-0.3, -0.25) is 0 Å². The zero-order valence-electron chi connectivity index (χ0n) is 47.3. The van der Waals surface area contributed by atoms with Gasteiger partial charge >= 0.3 is 0 Å². The fraction of sp³-hybridized carbons (Fsp3) is 0. The summed E-state index contributed by atoms with van der Waals surface area (Å²) in [6.45, 7) is 0. The SMILES string of the molecule is C(=C\c1c(-c2ccccc2)n(-c2ccccc2)c2ccccc12)/c1ccc(N(c2ccccc2)c2c3ccccc3c(N(c3ccccc3)c3ccc(/C=C/c4c(-c5ccccc5)n(-c5ccccc5)c5ccccc45)cc3)c3ccccc23)cc1. The fourth-order valence-corrected chi connectivity index (χ4v) is 12.7. The summed E-state index contributed by atoms with van der Waals surface area (Å²) in [6, 6.07) is 118. The van der Waals surface area contributed by atoms with Gasteiger partial charge in [-0.05, 0) is 107 Å². The molecule has 13 aromatic carbocycles. The molecule has 0 fully saturated rings. The monoisotopic (exact) mass is 1100 g/mol. The third-order valence-electron chi connectivity index (χ3n) is 16.5. The van der Waals surface area contributed by atoms with E-state index in [1.54, 1.807) is 0 Å². The van der Waals surface area contributed by atoms with Gasteiger partial charge in [0, 0.05) is 77.6 Å². The molecule has 0 saturated carbocycles. The summed E-state index contributed by atoms with van der Waals surface area (Å²) < 4.78 is 4.79. The molecule has 0 atom stereocenters. The molecule has 0 unspecified atom stereocenters. The number of fused-ring (bicyclic) bond motifs is 4. The van der Waals surface area contributed by atoms with E-state index in [-0.39, 0.29) is 0 Å². The van der Waals surface area contributed by atoms with Crippen molar-refractivity contribution < 1.29 is 0 Å². The molecule has 0 aliphatic rings. The molecule has 0 aliphatic heterocycles. The van der Waals surface area contributed by atoms with Crippen LogP contribution < -0.4 is 9.80 Å². The maximum atomic E-state index is 2.44. The van der Waals surface area contributed by atoms with Crippen LogP contribution in [0.5, 0.6) is 0 Å². The highest BCUT2D eigenvalue weighted by Gasteiger charge is 2.26. The first-order chi connectivity index (χ1) is 42.7. The van der Waals surface area contributed by atoms with Crippen molar-refractivity contribution in [1.29, 1.82) is 0 Å². The van der Waals surface area contributed by atoms with Crippen LogP contribution in [0, 0.1) is 0 Å². The Balaban J connectivity index is 0.834. The maximum Gasteiger partial charge on any atom is 0.0619 e. The summed E-state index contributed by atoms with van der Waals surface area (Å²) in [6.07, 6.45) is 9.11. The molecular formula is C82H58N4. The Kier molecular flexibility index (Phi) is 13.6. The van der Waals surface area contributed by atoms with Crippen molar-refractivity contribution in [2.24, 2.45) is 0 Å². The molecular weight excluding hydrogens is 1040 g/mol. The van der Waals surface area contributed by atoms with Crippen molar-refractivity contribution in [2.75, 3.05) is 9.80 Å². The summed E-state index contributed by atoms with van der Waals surface area (Å²) in [7, 11) is 0. The lowest BCUT2D eigenvalue weighted by Gasteiger charge is -2.33. The number of aromatic nitrogens is 2. The predicted octanol–water partition coefficient (Wildman–Crippen LogP) is 22.5. The molecule has 86 heavy (non-hydrogen) atoms. The van der Waals surface area contributed by atoms with E-state index in [0.717, 1.165) is 89.6 Å². The van der Waals surface area contributed by atoms with Gasteiger partial charge in [-0.15, -0.1) is 0 Å². The standard InChI is InChI=1S/C82H58N4/c1-7-27-61(28-8-1)79-75(69-39-23-25-45-77(69)85(79)65-35-15-5-16-36-65)57-51-59-47-53-67(54-48-59)83(63-31-11-3-12-32-63)81-71-41-19-21-43-73(71)82(74-44-22-20-42-72(74)81)84(64-33-13-4-14-34-64)68-55-49-60(50-56-68)52-58-76-70-40-24-26-46-78(70)86(66-37-17-6-18-38-66)80(76)62-29-9-2-10-30-62/h1-58H/b57-51+,58-52+. The predicted molar refractivity (Wildman–Crippen MR) is 366 cm³/mol. The van der Waals surface area contributed by atoms with Crippen molar-refractivity contribution in [3.8, 4) is 33.9 Å². The highest BCUT2D eigenvalue weighted by atomic mass is 15.2. The third-order valence-corrected chi connectivity index (χ3v) is 16.5. The topological polar surface area (TPSA) is 16.3 Å². The van der Waals surface area contributed by atoms with Crippen LogP contribution in [0.2, 0.25) is 0 Å². The summed E-state index contributed by atoms with van der Waals surface area (Å²) in [5.74, 6) is 0. The molecule has 15 aromatic rings. The average Bonchev–Trinajstić information content (AvgIpc) is 2.73. The van der Waals surface area contributed by atoms with Crippen LogP contribution in [0.3, 0.4) is 0 Å². The highest BCUT2D eigenvalue weighted by Crippen LogP contribution is 2.51. The van der Waals surface area contributed by atoms with Crippen molar-refractivity contribution in [3.63, 3.8) is 0 Å². The minimum Gasteiger partial charge on any atom is -0.309 e. The molecule has 2 aromatic heterocycles. The lowest BCUT2D eigenvalue weighted by atomic mass is 9.95. The quantitative estimate of drug-likeness (QED) is 0.0797. The van der Waals surface area contributed by atoms with Gasteiger partial charge in [0.25, 0.3) is 0 Å². The van der Waals surface area contributed by atoms with E-state index in [2.05, 4.69) is 371 Å². The summed E-state index contributed by atoms with van der Waals surface area (Å²) in [5.41, 5.74) is 20.3. The van der Waals surface area contributed by atoms with Crippen molar-refractivity contribution in [3.05, 3.63) is 350 Å². The minimum atomic E-state index is 1.06. The van der Waals surface area contributed by atoms with Crippen LogP contribution in [0.4, 0.5) is 34.1 Å². The lowest BCUT2D eigenvalue weighted by Crippen LogP contribution is -2.14. The molecule has 406 valence electrons. The largest absolute Gasteiger partial charge is 0.309 e. The number of hydrogen-bond acceptors (Lipinski definition) is 2. The smallest absolute Gasteiger partial charge is 0.0619 e. The van der Waals surface area contributed by atoms with Crippen LogP contribution in [0.15, 0.2) is 328 Å². The lowest BCUT2D eigenvalue weighted by molar-refractivity contribution is 1.13. The van der Waals surface area contributed by atoms with Gasteiger partial charge in [-0.1, -0.05) is 267 Å². The molecule has 0 spiro atoms. The van der Waals surface area contributed by atoms with E-state index in [1.807, 2.05) is 0 Å². The zero-order chi connectivity index (χ0) is 57.2. The molecule has 0 radical (unpaired) electrons. The normalized spacial score (nSPS) is 11.6. The molecule has 2 heterocycles. The van der Waals surface area contributed by atoms with Gasteiger partial charge in [-0.2, -0.15) is 0 Å². The van der Waals surface area contributed by atoms with Crippen LogP contribution in [-0.4, -0.2) is 9.13 Å². The Morgan fingerprint density at radius 1 is 0.221 bits per heavy atom. The molecule has 0 amide bonds. The van der Waals surface area contributed by atoms with E-state index in [9.17, 15) is 0 Å². The molecule has 0 N–H and O–H groups in total. The molecule has 4 nitrogen and oxygen atoms in total. The number of rotatable bonds is 14. The zero-order valence-corrected chi connectivity index (χ0v) is 47.3. The van der Waals surface area contributed by atoms with E-state index in [0.29, 0.717) is 0 Å². The fourth-order valence-electron chi connectivity index (χ4n) is 12.7. The number of nitrogens with zero attached hydrogens (tertiary/aromatic N) is 4. The Morgan fingerprint density at radius 2 is 0.488 bits per heavy atom. The van der Waals surface area contributed by atoms with Crippen LogP contribution in [0.25, 0.3) is 102 Å². The van der Waals surface area contributed by atoms with E-state index >= 15 is 0 Å². The number of anilines is 6. The highest BCUT2D eigenvalue weighted by molar-refractivity contribution is 6.23. The Hall–Kier alpha value is -11.5. The first kappa shape index (κ1) is 51.4. The molecule has 0 aliphatic carbocycles. The van der Waals surface area contributed by atoms with E-state index in [4.69, 9.17) is 0 Å². The van der Waals surface area contributed by atoms with Crippen LogP contribution in [-0.2, 0) is 0 Å². The summed E-state index contributed by atoms with van der Waals surface area (Å²) in [4.78, 5) is 4.88. The molecule has 4 heteroatoms. The second kappa shape index (κ2) is 22.7. The summed E-state index contributed by atoms with van der Waals surface area (Å²) >= 11 is 0. The van der Waals surface area contributed by atoms with Crippen molar-refractivity contribution >= 4 is 102 Å². The first-order valence-electron chi connectivity index (χ1n) is 29.4. The van der Waals surface area contributed by atoms with Gasteiger partial charge in [0.15, 0.2) is 0 Å². The second-order valence-electron chi connectivity index (χ2n) is 21.6. The van der Waals surface area contributed by atoms with Gasteiger partial charge < -0.3 is 18.9 Å². The Morgan fingerprint density at radius 3 is 0.826 bits per heavy atom. The Bertz CT molecular complexity index is 4560. The van der Waals surface area contributed by atoms with Gasteiger partial charge in [0.1, 0.15) is 0 Å². The first-order valence-corrected chi connectivity index (χ1v) is 29.4. The minimum absolute atomic E-state index is 1.06. The van der Waals surface area contributed by atoms with Crippen molar-refractivity contribution in [2.45, 2.75) is 0 Å². The van der Waals surface area contributed by atoms with Gasteiger partial charge in [0.2, 0.25) is 0 Å². The van der Waals surface area contributed by atoms with Gasteiger partial charge in [0.05, 0.1) is 33.8 Å². The number of hydrogen-bond donors (Lipinski definition) is 0. The number of para-hydroxylation sites is 6. The molecule has 0 saturated heterocycles. The maximum absolute atomic E-state index is 2.44. The van der Waals surface area contributed by atoms with Crippen molar-refractivity contribution in [1.82, 2.24) is 9.13 Å². The molecule has 15 rings (SSSR count). The number of benzene rings is 13. The Labute approximate surface area is 501 Å². The van der Waals surface area contributed by atoms with E-state index < -0.39 is 0 Å². The van der Waals surface area contributed by atoms with Crippen LogP contribution >= 0.6 is 0 Å². The summed E-state index contributed by atoms with van der Waals surface area (Å²) in [5, 5.41) is 6.97. The second-order valence-corrected chi connectivity index (χ2v) is 21.6. The third kappa shape index (κ3) is 9.42. The van der Waals surface area contributed by atoms with Crippen LogP contribution in [0.1, 0.15) is 22.3 Å². The van der Waals surface area contributed by atoms with Gasteiger partial charge in [-0.25, -0.2) is 0 Å². The average molecular weight is 1100 g/mol. The van der Waals surface area contributed by atoms with E-state index in [1.165, 1.54) is 44.1 Å². The molecule has 0 bridgehead atoms.